The number of halogens is 1. The Morgan fingerprint density at radius 3 is 2.64 bits per heavy atom. The Kier molecular flexibility index (Phi) is 6.92. The van der Waals surface area contributed by atoms with Crippen molar-refractivity contribution >= 4 is 12.0 Å². The second-order valence-electron chi connectivity index (χ2n) is 7.11. The number of hydrogen-bond donors (Lipinski definition) is 2. The monoisotopic (exact) mass is 389 g/mol. The average Bonchev–Trinajstić information content (AvgIpc) is 2.59. The van der Waals surface area contributed by atoms with Crippen LogP contribution in [-0.2, 0) is 16.1 Å². The average molecular weight is 389 g/mol. The van der Waals surface area contributed by atoms with Gasteiger partial charge < -0.3 is 20.1 Å². The van der Waals surface area contributed by atoms with E-state index in [1.165, 1.54) is 24.4 Å². The van der Waals surface area contributed by atoms with Crippen LogP contribution in [0.4, 0.5) is 9.18 Å². The molecule has 0 aliphatic carbocycles. The number of amides is 2. The third-order valence-electron chi connectivity index (χ3n) is 3.44. The van der Waals surface area contributed by atoms with E-state index in [1.807, 2.05) is 0 Å². The zero-order chi connectivity index (χ0) is 20.7. The summed E-state index contributed by atoms with van der Waals surface area (Å²) < 4.78 is 24.1. The summed E-state index contributed by atoms with van der Waals surface area (Å²) in [5.41, 5.74) is -0.0522. The number of carbonyl (C=O) groups is 2. The van der Waals surface area contributed by atoms with Crippen molar-refractivity contribution in [3.63, 3.8) is 0 Å². The third-order valence-corrected chi connectivity index (χ3v) is 3.44. The van der Waals surface area contributed by atoms with Crippen molar-refractivity contribution in [2.75, 3.05) is 0 Å². The number of benzene rings is 1. The van der Waals surface area contributed by atoms with E-state index in [9.17, 15) is 14.0 Å². The molecule has 0 radical (unpaired) electrons. The molecule has 2 N–H and O–H groups in total. The predicted octanol–water partition coefficient (Wildman–Crippen LogP) is 3.54. The maximum atomic E-state index is 13.3. The molecule has 0 fully saturated rings. The number of rotatable bonds is 6. The summed E-state index contributed by atoms with van der Waals surface area (Å²) in [7, 11) is 0. The molecule has 0 bridgehead atoms. The summed E-state index contributed by atoms with van der Waals surface area (Å²) >= 11 is 0. The van der Waals surface area contributed by atoms with Gasteiger partial charge in [-0.15, -0.1) is 0 Å². The summed E-state index contributed by atoms with van der Waals surface area (Å²) in [6, 6.07) is 8.32. The molecule has 1 atom stereocenters. The van der Waals surface area contributed by atoms with E-state index in [1.54, 1.807) is 45.9 Å². The van der Waals surface area contributed by atoms with Crippen LogP contribution in [0, 0.1) is 5.82 Å². The summed E-state index contributed by atoms with van der Waals surface area (Å²) in [6.07, 6.45) is 0.860. The fraction of sp³-hybridized carbons (Fsp3) is 0.350. The molecule has 28 heavy (non-hydrogen) atoms. The second kappa shape index (κ2) is 9.16. The smallest absolute Gasteiger partial charge is 0.408 e. The molecule has 150 valence electrons. The number of nitrogens with one attached hydrogen (secondary N) is 2. The Bertz CT molecular complexity index is 836. The molecule has 1 heterocycles. The Hall–Kier alpha value is -3.16. The van der Waals surface area contributed by atoms with Crippen LogP contribution in [0.25, 0.3) is 0 Å². The van der Waals surface area contributed by atoms with Gasteiger partial charge in [-0.05, 0) is 45.9 Å². The van der Waals surface area contributed by atoms with Crippen molar-refractivity contribution in [2.24, 2.45) is 0 Å². The first-order chi connectivity index (χ1) is 13.1. The van der Waals surface area contributed by atoms with E-state index in [4.69, 9.17) is 9.47 Å². The molecule has 7 nitrogen and oxygen atoms in total. The molecule has 1 aromatic carbocycles. The molecule has 0 unspecified atom stereocenters. The van der Waals surface area contributed by atoms with Crippen molar-refractivity contribution in [3.05, 3.63) is 54.0 Å². The van der Waals surface area contributed by atoms with Crippen LogP contribution in [0.2, 0.25) is 0 Å². The molecule has 2 aromatic rings. The van der Waals surface area contributed by atoms with Gasteiger partial charge >= 0.3 is 6.09 Å². The number of alkyl carbamates (subject to hydrolysis) is 1. The summed E-state index contributed by atoms with van der Waals surface area (Å²) in [5, 5.41) is 5.17. The SMILES string of the molecule is C[C@@H](NC(=O)OC(C)(C)C)C(=O)NCc1cccnc1Oc1cccc(F)c1. The number of pyridine rings is 1. The van der Waals surface area contributed by atoms with E-state index >= 15 is 0 Å². The zero-order valence-electron chi connectivity index (χ0n) is 16.3. The van der Waals surface area contributed by atoms with Gasteiger partial charge in [0.1, 0.15) is 23.2 Å². The van der Waals surface area contributed by atoms with Gasteiger partial charge in [0, 0.05) is 24.4 Å². The van der Waals surface area contributed by atoms with E-state index in [0.29, 0.717) is 11.3 Å². The van der Waals surface area contributed by atoms with Crippen LogP contribution in [0.3, 0.4) is 0 Å². The van der Waals surface area contributed by atoms with Gasteiger partial charge in [0.25, 0.3) is 0 Å². The van der Waals surface area contributed by atoms with Gasteiger partial charge in [-0.1, -0.05) is 12.1 Å². The molecule has 0 saturated carbocycles. The minimum absolute atomic E-state index is 0.123. The highest BCUT2D eigenvalue weighted by Crippen LogP contribution is 2.23. The molecule has 0 aliphatic rings. The second-order valence-corrected chi connectivity index (χ2v) is 7.11. The van der Waals surface area contributed by atoms with Crippen molar-refractivity contribution in [1.29, 1.82) is 0 Å². The van der Waals surface area contributed by atoms with Crippen molar-refractivity contribution in [1.82, 2.24) is 15.6 Å². The Labute approximate surface area is 163 Å². The van der Waals surface area contributed by atoms with Gasteiger partial charge in [-0.25, -0.2) is 14.2 Å². The van der Waals surface area contributed by atoms with Crippen LogP contribution in [-0.4, -0.2) is 28.6 Å². The number of ether oxygens (including phenoxy) is 2. The van der Waals surface area contributed by atoms with Crippen molar-refractivity contribution < 1.29 is 23.5 Å². The quantitative estimate of drug-likeness (QED) is 0.789. The Morgan fingerprint density at radius 2 is 1.96 bits per heavy atom. The minimum atomic E-state index is -0.792. The highest BCUT2D eigenvalue weighted by atomic mass is 19.1. The number of hydrogen-bond acceptors (Lipinski definition) is 5. The first-order valence-electron chi connectivity index (χ1n) is 8.78. The van der Waals surface area contributed by atoms with E-state index < -0.39 is 29.5 Å². The number of aromatic nitrogens is 1. The first-order valence-corrected chi connectivity index (χ1v) is 8.78. The Balaban J connectivity index is 1.95. The topological polar surface area (TPSA) is 89.5 Å². The lowest BCUT2D eigenvalue weighted by molar-refractivity contribution is -0.122. The fourth-order valence-corrected chi connectivity index (χ4v) is 2.18. The minimum Gasteiger partial charge on any atom is -0.444 e. The van der Waals surface area contributed by atoms with E-state index in [2.05, 4.69) is 15.6 Å². The first kappa shape index (κ1) is 21.1. The van der Waals surface area contributed by atoms with Crippen LogP contribution in [0.15, 0.2) is 42.6 Å². The Morgan fingerprint density at radius 1 is 1.21 bits per heavy atom. The van der Waals surface area contributed by atoms with Crippen LogP contribution >= 0.6 is 0 Å². The van der Waals surface area contributed by atoms with Crippen molar-refractivity contribution in [3.8, 4) is 11.6 Å². The van der Waals surface area contributed by atoms with Crippen molar-refractivity contribution in [2.45, 2.75) is 45.9 Å². The largest absolute Gasteiger partial charge is 0.444 e. The van der Waals surface area contributed by atoms with Gasteiger partial charge in [0.2, 0.25) is 11.8 Å². The van der Waals surface area contributed by atoms with Gasteiger partial charge in [-0.3, -0.25) is 4.79 Å². The molecule has 1 aromatic heterocycles. The van der Waals surface area contributed by atoms with Gasteiger partial charge in [0.15, 0.2) is 0 Å². The summed E-state index contributed by atoms with van der Waals surface area (Å²) in [6.45, 7) is 6.88. The lowest BCUT2D eigenvalue weighted by atomic mass is 10.2. The highest BCUT2D eigenvalue weighted by molar-refractivity contribution is 5.85. The molecule has 2 amide bonds. The lowest BCUT2D eigenvalue weighted by Crippen LogP contribution is -2.46. The van der Waals surface area contributed by atoms with Crippen LogP contribution in [0.1, 0.15) is 33.3 Å². The molecule has 0 saturated heterocycles. The zero-order valence-corrected chi connectivity index (χ0v) is 16.3. The normalized spacial score (nSPS) is 12.0. The van der Waals surface area contributed by atoms with Gasteiger partial charge in [-0.2, -0.15) is 0 Å². The molecule has 0 spiro atoms. The van der Waals surface area contributed by atoms with E-state index in [0.717, 1.165) is 0 Å². The predicted molar refractivity (Wildman–Crippen MR) is 101 cm³/mol. The maximum absolute atomic E-state index is 13.3. The summed E-state index contributed by atoms with van der Waals surface area (Å²) in [5.74, 6) is -0.274. The van der Waals surface area contributed by atoms with Crippen LogP contribution < -0.4 is 15.4 Å². The summed E-state index contributed by atoms with van der Waals surface area (Å²) in [4.78, 5) is 28.1. The molecule has 0 aliphatic heterocycles. The number of nitrogens with zero attached hydrogens (tertiary/aromatic N) is 1. The maximum Gasteiger partial charge on any atom is 0.408 e. The molecule has 2 rings (SSSR count). The van der Waals surface area contributed by atoms with Gasteiger partial charge in [0.05, 0.1) is 0 Å². The van der Waals surface area contributed by atoms with Crippen LogP contribution in [0.5, 0.6) is 11.6 Å². The highest BCUT2D eigenvalue weighted by Gasteiger charge is 2.21. The van der Waals surface area contributed by atoms with E-state index in [-0.39, 0.29) is 12.4 Å². The third kappa shape index (κ3) is 6.86. The molecular weight excluding hydrogens is 365 g/mol. The molecular formula is C20H24FN3O4. The molecule has 8 heteroatoms. The number of carbonyl (C=O) groups excluding carboxylic acids is 2. The fourth-order valence-electron chi connectivity index (χ4n) is 2.18. The standard InChI is InChI=1S/C20H24FN3O4/c1-13(24-19(26)28-20(2,3)4)17(25)23-12-14-7-6-10-22-18(14)27-16-9-5-8-15(21)11-16/h5-11,13H,12H2,1-4H3,(H,23,25)(H,24,26)/t13-/m1/s1. The lowest BCUT2D eigenvalue weighted by Gasteiger charge is -2.21.